The minimum absolute atomic E-state index is 0.0899. The van der Waals surface area contributed by atoms with Gasteiger partial charge in [0.2, 0.25) is 11.1 Å². The highest BCUT2D eigenvalue weighted by Crippen LogP contribution is 2.29. The fourth-order valence-corrected chi connectivity index (χ4v) is 3.19. The molecular weight excluding hydrogens is 423 g/mol. The first-order chi connectivity index (χ1) is 15.0. The molecule has 6 nitrogen and oxygen atoms in total. The predicted octanol–water partition coefficient (Wildman–Crippen LogP) is 5.15. The molecule has 0 aliphatic heterocycles. The maximum atomic E-state index is 13.2. The molecule has 156 valence electrons. The summed E-state index contributed by atoms with van der Waals surface area (Å²) in [6.07, 6.45) is 0. The zero-order valence-corrected chi connectivity index (χ0v) is 17.1. The van der Waals surface area contributed by atoms with Gasteiger partial charge in [0.15, 0.2) is 0 Å². The Morgan fingerprint density at radius 3 is 2.45 bits per heavy atom. The average Bonchev–Trinajstić information content (AvgIpc) is 2.76. The Labute approximate surface area is 181 Å². The van der Waals surface area contributed by atoms with E-state index in [1.165, 1.54) is 28.9 Å². The third-order valence-electron chi connectivity index (χ3n) is 4.46. The van der Waals surface area contributed by atoms with Crippen LogP contribution in [0, 0.1) is 5.82 Å². The fourth-order valence-electron chi connectivity index (χ4n) is 3.07. The summed E-state index contributed by atoms with van der Waals surface area (Å²) in [5, 5.41) is 4.93. The number of hydrogen-bond donors (Lipinski definition) is 0. The normalized spacial score (nSPS) is 10.8. The molecule has 0 spiro atoms. The minimum atomic E-state index is -0.839. The summed E-state index contributed by atoms with van der Waals surface area (Å²) >= 11 is 5.99. The average molecular weight is 439 g/mol. The first kappa shape index (κ1) is 20.6. The Balaban J connectivity index is 1.98. The van der Waals surface area contributed by atoms with Gasteiger partial charge in [0.25, 0.3) is 0 Å². The van der Waals surface area contributed by atoms with Crippen LogP contribution < -0.4 is 10.2 Å². The van der Waals surface area contributed by atoms with Gasteiger partial charge < -0.3 is 9.47 Å². The SMILES string of the molecule is CCOC(=O)c1nn(-c2ccc(Cl)cc2)c2cccc(Oc3ccc(F)cc3)c2c1=O. The van der Waals surface area contributed by atoms with Crippen LogP contribution in [-0.4, -0.2) is 22.4 Å². The summed E-state index contributed by atoms with van der Waals surface area (Å²) in [5.74, 6) is -0.719. The summed E-state index contributed by atoms with van der Waals surface area (Å²) in [7, 11) is 0. The third-order valence-corrected chi connectivity index (χ3v) is 4.71. The largest absolute Gasteiger partial charge is 0.461 e. The van der Waals surface area contributed by atoms with Crippen LogP contribution in [0.2, 0.25) is 5.02 Å². The molecule has 0 unspecified atom stereocenters. The molecule has 0 atom stereocenters. The Kier molecular flexibility index (Phi) is 5.68. The van der Waals surface area contributed by atoms with Crippen molar-refractivity contribution >= 4 is 28.5 Å². The number of carbonyl (C=O) groups excluding carboxylic acids is 1. The second kappa shape index (κ2) is 8.57. The van der Waals surface area contributed by atoms with Crippen molar-refractivity contribution in [3.8, 4) is 17.2 Å². The van der Waals surface area contributed by atoms with E-state index in [0.717, 1.165) is 0 Å². The van der Waals surface area contributed by atoms with Crippen LogP contribution in [0.4, 0.5) is 4.39 Å². The summed E-state index contributed by atoms with van der Waals surface area (Å²) in [4.78, 5) is 25.7. The predicted molar refractivity (Wildman–Crippen MR) is 115 cm³/mol. The second-order valence-electron chi connectivity index (χ2n) is 6.49. The van der Waals surface area contributed by atoms with E-state index in [0.29, 0.717) is 22.0 Å². The lowest BCUT2D eigenvalue weighted by Gasteiger charge is -2.14. The van der Waals surface area contributed by atoms with Crippen molar-refractivity contribution in [2.75, 3.05) is 6.61 Å². The van der Waals surface area contributed by atoms with Crippen molar-refractivity contribution in [3.63, 3.8) is 0 Å². The number of halogens is 2. The Morgan fingerprint density at radius 2 is 1.77 bits per heavy atom. The number of nitrogens with zero attached hydrogens (tertiary/aromatic N) is 2. The van der Waals surface area contributed by atoms with Gasteiger partial charge in [-0.05, 0) is 67.6 Å². The molecule has 0 radical (unpaired) electrons. The Bertz CT molecular complexity index is 1320. The number of fused-ring (bicyclic) bond motifs is 1. The number of ether oxygens (including phenoxy) is 2. The number of rotatable bonds is 5. The lowest BCUT2D eigenvalue weighted by Crippen LogP contribution is -2.24. The van der Waals surface area contributed by atoms with E-state index >= 15 is 0 Å². The van der Waals surface area contributed by atoms with Crippen LogP contribution in [0.1, 0.15) is 17.4 Å². The van der Waals surface area contributed by atoms with Crippen molar-refractivity contribution in [1.82, 2.24) is 9.78 Å². The van der Waals surface area contributed by atoms with E-state index in [2.05, 4.69) is 5.10 Å². The summed E-state index contributed by atoms with van der Waals surface area (Å²) < 4.78 is 25.6. The van der Waals surface area contributed by atoms with Gasteiger partial charge in [-0.3, -0.25) is 4.79 Å². The van der Waals surface area contributed by atoms with Gasteiger partial charge in [-0.15, -0.1) is 0 Å². The molecule has 4 rings (SSSR count). The lowest BCUT2D eigenvalue weighted by molar-refractivity contribution is 0.0516. The molecule has 0 N–H and O–H groups in total. The number of benzene rings is 3. The molecule has 31 heavy (non-hydrogen) atoms. The lowest BCUT2D eigenvalue weighted by atomic mass is 10.1. The molecule has 0 aliphatic carbocycles. The number of esters is 1. The minimum Gasteiger partial charge on any atom is -0.461 e. The van der Waals surface area contributed by atoms with Gasteiger partial charge in [-0.1, -0.05) is 17.7 Å². The van der Waals surface area contributed by atoms with Gasteiger partial charge in [0, 0.05) is 5.02 Å². The van der Waals surface area contributed by atoms with Crippen LogP contribution in [0.25, 0.3) is 16.6 Å². The molecule has 0 bridgehead atoms. The second-order valence-corrected chi connectivity index (χ2v) is 6.93. The molecule has 0 fully saturated rings. The summed E-state index contributed by atoms with van der Waals surface area (Å²) in [5.41, 5.74) is -0.00491. The Hall–Kier alpha value is -3.71. The van der Waals surface area contributed by atoms with E-state index in [4.69, 9.17) is 21.1 Å². The number of carbonyl (C=O) groups is 1. The molecule has 1 aromatic heterocycles. The number of aromatic nitrogens is 2. The molecule has 0 saturated carbocycles. The van der Waals surface area contributed by atoms with Gasteiger partial charge >= 0.3 is 5.97 Å². The highest BCUT2D eigenvalue weighted by atomic mass is 35.5. The van der Waals surface area contributed by atoms with Gasteiger partial charge in [0.1, 0.15) is 17.3 Å². The van der Waals surface area contributed by atoms with Crippen LogP contribution >= 0.6 is 11.6 Å². The Morgan fingerprint density at radius 1 is 1.06 bits per heavy atom. The van der Waals surface area contributed by atoms with E-state index in [-0.39, 0.29) is 23.4 Å². The maximum Gasteiger partial charge on any atom is 0.362 e. The summed E-state index contributed by atoms with van der Waals surface area (Å²) in [6.45, 7) is 1.73. The smallest absolute Gasteiger partial charge is 0.362 e. The zero-order chi connectivity index (χ0) is 22.0. The quantitative estimate of drug-likeness (QED) is 0.403. The standard InChI is InChI=1S/C23H16ClFN2O4/c1-2-30-23(29)21-22(28)20-18(27(26-21)16-10-6-14(24)7-11-16)4-3-5-19(20)31-17-12-8-15(25)9-13-17/h3-13H,2H2,1H3. The van der Waals surface area contributed by atoms with Gasteiger partial charge in [-0.2, -0.15) is 5.10 Å². The van der Waals surface area contributed by atoms with Gasteiger partial charge in [0.05, 0.1) is 23.2 Å². The first-order valence-corrected chi connectivity index (χ1v) is 9.78. The van der Waals surface area contributed by atoms with Crippen LogP contribution in [0.3, 0.4) is 0 Å². The van der Waals surface area contributed by atoms with Crippen molar-refractivity contribution in [3.05, 3.63) is 93.5 Å². The van der Waals surface area contributed by atoms with Crippen LogP contribution in [-0.2, 0) is 4.74 Å². The van der Waals surface area contributed by atoms with Crippen molar-refractivity contribution < 1.29 is 18.7 Å². The van der Waals surface area contributed by atoms with E-state index < -0.39 is 17.2 Å². The van der Waals surface area contributed by atoms with Crippen LogP contribution in [0.5, 0.6) is 11.5 Å². The maximum absolute atomic E-state index is 13.2. The zero-order valence-electron chi connectivity index (χ0n) is 16.3. The fraction of sp³-hybridized carbons (Fsp3) is 0.0870. The third kappa shape index (κ3) is 4.13. The monoisotopic (exact) mass is 438 g/mol. The molecule has 8 heteroatoms. The van der Waals surface area contributed by atoms with Crippen molar-refractivity contribution in [2.24, 2.45) is 0 Å². The number of hydrogen-bond acceptors (Lipinski definition) is 5. The van der Waals surface area contributed by atoms with E-state index in [1.54, 1.807) is 49.4 Å². The molecule has 3 aromatic carbocycles. The highest BCUT2D eigenvalue weighted by molar-refractivity contribution is 6.30. The molecular formula is C23H16ClFN2O4. The first-order valence-electron chi connectivity index (χ1n) is 9.40. The van der Waals surface area contributed by atoms with E-state index in [1.807, 2.05) is 0 Å². The van der Waals surface area contributed by atoms with Crippen molar-refractivity contribution in [2.45, 2.75) is 6.92 Å². The highest BCUT2D eigenvalue weighted by Gasteiger charge is 2.22. The molecule has 4 aromatic rings. The molecule has 0 aliphatic rings. The molecule has 0 amide bonds. The van der Waals surface area contributed by atoms with Crippen molar-refractivity contribution in [1.29, 1.82) is 0 Å². The topological polar surface area (TPSA) is 70.4 Å². The molecule has 0 saturated heterocycles. The van der Waals surface area contributed by atoms with Gasteiger partial charge in [-0.25, -0.2) is 13.9 Å². The van der Waals surface area contributed by atoms with Crippen LogP contribution in [0.15, 0.2) is 71.5 Å². The van der Waals surface area contributed by atoms with E-state index in [9.17, 15) is 14.0 Å². The molecule has 1 heterocycles. The summed E-state index contributed by atoms with van der Waals surface area (Å²) in [6, 6.07) is 17.1.